The highest BCUT2D eigenvalue weighted by Crippen LogP contribution is 2.45. The normalized spacial score (nSPS) is 21.4. The van der Waals surface area contributed by atoms with Crippen molar-refractivity contribution in [2.45, 2.75) is 75.7 Å². The van der Waals surface area contributed by atoms with E-state index >= 15 is 0 Å². The molecule has 0 bridgehead atoms. The minimum Gasteiger partial charge on any atom is -0.478 e. The Kier molecular flexibility index (Phi) is 11.0. The number of allylic oxidation sites excluding steroid dienone is 1. The highest BCUT2D eigenvalue weighted by atomic mass is 35.5. The topological polar surface area (TPSA) is 143 Å². The summed E-state index contributed by atoms with van der Waals surface area (Å²) in [6.45, 7) is 4.02. The number of nitrogens with one attached hydrogen (secondary N) is 1. The minimum atomic E-state index is -1.36. The lowest BCUT2D eigenvalue weighted by Crippen LogP contribution is -2.52. The summed E-state index contributed by atoms with van der Waals surface area (Å²) in [4.78, 5) is 62.8. The predicted octanol–water partition coefficient (Wildman–Crippen LogP) is 5.31. The predicted molar refractivity (Wildman–Crippen MR) is 186 cm³/mol. The van der Waals surface area contributed by atoms with Crippen molar-refractivity contribution < 1.29 is 29.4 Å². The Morgan fingerprint density at radius 2 is 1.61 bits per heavy atom. The van der Waals surface area contributed by atoms with Crippen LogP contribution in [0.5, 0.6) is 0 Å². The van der Waals surface area contributed by atoms with E-state index in [1.807, 2.05) is 5.38 Å². The molecule has 2 aromatic rings. The Morgan fingerprint density at radius 3 is 2.20 bits per heavy atom. The fourth-order valence-electron chi connectivity index (χ4n) is 8.02. The standard InChI is InChI=1S/C35H41Cl2N5O6S/c36-22-5-3-6-23(37)29(22)32-30(33(45)46)24(8-9-26-38-13-20-49-26)39-25(31(32)34(47)48)21-28(44)41-18-16-40(17-19-41)15-12-35(10-1-2-11-35)42-14-4-7-27(42)43/h3,5-6,13,20,32,39H,1-2,4,7-12,14-19,21H2,(H,45,46)(H,47,48). The Hall–Kier alpha value is -3.45. The van der Waals surface area contributed by atoms with Crippen LogP contribution in [0.15, 0.2) is 52.3 Å². The molecule has 49 heavy (non-hydrogen) atoms. The molecule has 262 valence electrons. The molecule has 1 atom stereocenters. The molecule has 3 aliphatic heterocycles. The molecule has 0 spiro atoms. The average molecular weight is 731 g/mol. The van der Waals surface area contributed by atoms with Crippen LogP contribution in [0.3, 0.4) is 0 Å². The molecule has 3 N–H and O–H groups in total. The second kappa shape index (κ2) is 15.2. The number of likely N-dealkylation sites (tertiary alicyclic amines) is 1. The van der Waals surface area contributed by atoms with Crippen LogP contribution in [0.4, 0.5) is 0 Å². The molecule has 1 aromatic carbocycles. The van der Waals surface area contributed by atoms with E-state index in [2.05, 4.69) is 20.1 Å². The highest BCUT2D eigenvalue weighted by Gasteiger charge is 2.44. The van der Waals surface area contributed by atoms with Crippen molar-refractivity contribution in [2.75, 3.05) is 39.3 Å². The molecule has 6 rings (SSSR count). The van der Waals surface area contributed by atoms with Crippen molar-refractivity contribution in [3.63, 3.8) is 0 Å². The van der Waals surface area contributed by atoms with E-state index in [4.69, 9.17) is 23.2 Å². The second-order valence-corrected chi connectivity index (χ2v) is 15.0. The van der Waals surface area contributed by atoms with Gasteiger partial charge in [0.2, 0.25) is 11.8 Å². The van der Waals surface area contributed by atoms with Crippen LogP contribution in [-0.2, 0) is 25.6 Å². The molecular formula is C35H41Cl2N5O6S. The van der Waals surface area contributed by atoms with Crippen LogP contribution in [-0.4, -0.2) is 98.5 Å². The smallest absolute Gasteiger partial charge is 0.334 e. The number of carbonyl (C=O) groups excluding carboxylic acids is 2. The van der Waals surface area contributed by atoms with E-state index in [0.29, 0.717) is 44.7 Å². The Balaban J connectivity index is 1.20. The molecule has 2 amide bonds. The lowest BCUT2D eigenvalue weighted by molar-refractivity contribution is -0.135. The summed E-state index contributed by atoms with van der Waals surface area (Å²) in [5.74, 6) is -3.96. The zero-order chi connectivity index (χ0) is 34.7. The molecule has 0 radical (unpaired) electrons. The van der Waals surface area contributed by atoms with Crippen LogP contribution in [0, 0.1) is 0 Å². The van der Waals surface area contributed by atoms with Gasteiger partial charge in [-0.3, -0.25) is 14.5 Å². The number of hydrogen-bond acceptors (Lipinski definition) is 8. The number of carboxylic acids is 2. The number of aliphatic carboxylic acids is 2. The molecule has 4 heterocycles. The Morgan fingerprint density at radius 1 is 0.939 bits per heavy atom. The number of aromatic nitrogens is 1. The number of carboxylic acid groups (broad SMARTS) is 2. The van der Waals surface area contributed by atoms with Gasteiger partial charge in [-0.1, -0.05) is 42.1 Å². The van der Waals surface area contributed by atoms with Crippen LogP contribution < -0.4 is 5.32 Å². The van der Waals surface area contributed by atoms with Gasteiger partial charge in [-0.05, 0) is 44.2 Å². The maximum absolute atomic E-state index is 13.8. The summed E-state index contributed by atoms with van der Waals surface area (Å²) in [6, 6.07) is 4.69. The van der Waals surface area contributed by atoms with Gasteiger partial charge < -0.3 is 25.3 Å². The monoisotopic (exact) mass is 729 g/mol. The summed E-state index contributed by atoms with van der Waals surface area (Å²) in [5.41, 5.74) is 0.0912. The minimum absolute atomic E-state index is 0.0480. The number of carbonyl (C=O) groups is 4. The summed E-state index contributed by atoms with van der Waals surface area (Å²) in [6.07, 6.45) is 8.95. The number of rotatable bonds is 12. The number of hydrogen-bond donors (Lipinski definition) is 3. The fraction of sp³-hybridized carbons (Fsp3) is 0.514. The van der Waals surface area contributed by atoms with Gasteiger partial charge in [0.05, 0.1) is 28.5 Å². The lowest BCUT2D eigenvalue weighted by Gasteiger charge is -2.42. The fourth-order valence-corrected chi connectivity index (χ4v) is 9.26. The molecule has 11 nitrogen and oxygen atoms in total. The number of thiazole rings is 1. The quantitative estimate of drug-likeness (QED) is 0.265. The first-order valence-electron chi connectivity index (χ1n) is 16.9. The van der Waals surface area contributed by atoms with Crippen LogP contribution in [0.2, 0.25) is 10.0 Å². The Labute approximate surface area is 299 Å². The number of halogens is 2. The molecule has 3 fully saturated rings. The Bertz CT molecular complexity index is 1640. The molecule has 1 saturated carbocycles. The van der Waals surface area contributed by atoms with Crippen molar-refractivity contribution in [1.29, 1.82) is 0 Å². The molecule has 1 aliphatic carbocycles. The van der Waals surface area contributed by atoms with Crippen LogP contribution in [0.1, 0.15) is 74.3 Å². The molecule has 14 heteroatoms. The van der Waals surface area contributed by atoms with Gasteiger partial charge >= 0.3 is 11.9 Å². The van der Waals surface area contributed by atoms with E-state index in [9.17, 15) is 29.4 Å². The van der Waals surface area contributed by atoms with Crippen molar-refractivity contribution in [1.82, 2.24) is 25.0 Å². The van der Waals surface area contributed by atoms with E-state index in [1.54, 1.807) is 29.3 Å². The summed E-state index contributed by atoms with van der Waals surface area (Å²) >= 11 is 14.6. The van der Waals surface area contributed by atoms with Gasteiger partial charge in [-0.15, -0.1) is 11.3 Å². The third-order valence-electron chi connectivity index (χ3n) is 10.5. The van der Waals surface area contributed by atoms with Crippen LogP contribution in [0.25, 0.3) is 0 Å². The molecule has 1 aromatic heterocycles. The maximum Gasteiger partial charge on any atom is 0.334 e. The SMILES string of the molecule is O=C(O)C1=C(CCc2nccs2)NC(CC(=O)N2CCN(CCC3(N4CCCC4=O)CCCC3)CC2)=C(C(=O)O)C1c1c(Cl)cccc1Cl. The first-order valence-corrected chi connectivity index (χ1v) is 18.5. The molecule has 1 unspecified atom stereocenters. The zero-order valence-electron chi connectivity index (χ0n) is 27.3. The number of piperazine rings is 1. The first-order chi connectivity index (χ1) is 23.6. The number of nitrogens with zero attached hydrogens (tertiary/aromatic N) is 4. The van der Waals surface area contributed by atoms with E-state index < -0.39 is 17.9 Å². The van der Waals surface area contributed by atoms with E-state index in [1.165, 1.54) is 11.3 Å². The lowest BCUT2D eigenvalue weighted by atomic mass is 9.79. The highest BCUT2D eigenvalue weighted by molar-refractivity contribution is 7.09. The number of amides is 2. The summed E-state index contributed by atoms with van der Waals surface area (Å²) in [7, 11) is 0. The van der Waals surface area contributed by atoms with Gasteiger partial charge in [-0.2, -0.15) is 0 Å². The summed E-state index contributed by atoms with van der Waals surface area (Å²) < 4.78 is 0. The molecule has 2 saturated heterocycles. The largest absolute Gasteiger partial charge is 0.478 e. The zero-order valence-corrected chi connectivity index (χ0v) is 29.6. The third-order valence-corrected chi connectivity index (χ3v) is 12.0. The first kappa shape index (κ1) is 35.4. The number of dihydropyridines is 1. The van der Waals surface area contributed by atoms with Gasteiger partial charge in [-0.25, -0.2) is 14.6 Å². The van der Waals surface area contributed by atoms with Gasteiger partial charge in [0.25, 0.3) is 0 Å². The van der Waals surface area contributed by atoms with Crippen molar-refractivity contribution in [3.8, 4) is 0 Å². The van der Waals surface area contributed by atoms with Crippen molar-refractivity contribution >= 4 is 58.3 Å². The number of aryl methyl sites for hydroxylation is 1. The van der Waals surface area contributed by atoms with E-state index in [-0.39, 0.29) is 62.6 Å². The second-order valence-electron chi connectivity index (χ2n) is 13.2. The molecule has 4 aliphatic rings. The molecular weight excluding hydrogens is 689 g/mol. The van der Waals surface area contributed by atoms with Crippen molar-refractivity contribution in [3.05, 3.63) is 72.9 Å². The van der Waals surface area contributed by atoms with Crippen LogP contribution >= 0.6 is 34.5 Å². The van der Waals surface area contributed by atoms with Gasteiger partial charge in [0, 0.05) is 96.2 Å². The van der Waals surface area contributed by atoms with Gasteiger partial charge in [0.1, 0.15) is 0 Å². The summed E-state index contributed by atoms with van der Waals surface area (Å²) in [5, 5.41) is 27.0. The average Bonchev–Trinajstić information content (AvgIpc) is 3.86. The van der Waals surface area contributed by atoms with Gasteiger partial charge in [0.15, 0.2) is 0 Å². The number of benzene rings is 1. The third kappa shape index (κ3) is 7.52. The van der Waals surface area contributed by atoms with E-state index in [0.717, 1.165) is 56.6 Å². The maximum atomic E-state index is 13.8. The van der Waals surface area contributed by atoms with Crippen molar-refractivity contribution in [2.24, 2.45) is 0 Å².